The summed E-state index contributed by atoms with van der Waals surface area (Å²) < 4.78 is 18.7. The number of nitrogens with zero attached hydrogens (tertiary/aromatic N) is 1. The number of hydrogen-bond donors (Lipinski definition) is 0. The van der Waals surface area contributed by atoms with Gasteiger partial charge in [-0.05, 0) is 67.1 Å². The molecule has 3 rings (SSSR count). The largest absolute Gasteiger partial charge is 0.491 e. The van der Waals surface area contributed by atoms with Crippen LogP contribution in [0.15, 0.2) is 47.4 Å². The second-order valence-electron chi connectivity index (χ2n) is 6.24. The predicted molar refractivity (Wildman–Crippen MR) is 105 cm³/mol. The van der Waals surface area contributed by atoms with Gasteiger partial charge in [0.1, 0.15) is 11.6 Å². The first-order valence-electron chi connectivity index (χ1n) is 8.29. The van der Waals surface area contributed by atoms with Gasteiger partial charge in [-0.3, -0.25) is 14.5 Å². The highest BCUT2D eigenvalue weighted by atomic mass is 35.5. The van der Waals surface area contributed by atoms with Crippen molar-refractivity contribution in [2.75, 3.05) is 0 Å². The Balaban J connectivity index is 1.76. The molecule has 2 amide bonds. The van der Waals surface area contributed by atoms with Crippen LogP contribution in [0.2, 0.25) is 5.02 Å². The molecule has 0 aliphatic carbocycles. The van der Waals surface area contributed by atoms with E-state index in [9.17, 15) is 14.0 Å². The summed E-state index contributed by atoms with van der Waals surface area (Å²) in [5, 5.41) is -0.204. The summed E-state index contributed by atoms with van der Waals surface area (Å²) >= 11 is 6.87. The summed E-state index contributed by atoms with van der Waals surface area (Å²) in [5.74, 6) is -0.128. The lowest BCUT2D eigenvalue weighted by Gasteiger charge is -2.13. The lowest BCUT2D eigenvalue weighted by Crippen LogP contribution is -2.27. The van der Waals surface area contributed by atoms with Gasteiger partial charge in [0, 0.05) is 5.02 Å². The van der Waals surface area contributed by atoms with Crippen LogP contribution < -0.4 is 4.74 Å². The lowest BCUT2D eigenvalue weighted by molar-refractivity contribution is -0.123. The molecule has 0 spiro atoms. The molecular weight excluding hydrogens is 389 g/mol. The normalized spacial score (nSPS) is 15.9. The standard InChI is InChI=1S/C20H17ClFNO3S/c1-12(2)26-16-7-3-13(4-8-16)9-18-19(24)23(20(25)27-18)11-14-5-6-15(22)10-17(14)21/h3-10,12H,11H2,1-2H3/b18-9-. The summed E-state index contributed by atoms with van der Waals surface area (Å²) in [7, 11) is 0. The Labute approximate surface area is 166 Å². The highest BCUT2D eigenvalue weighted by Gasteiger charge is 2.35. The molecule has 1 heterocycles. The van der Waals surface area contributed by atoms with Crippen molar-refractivity contribution >= 4 is 40.6 Å². The van der Waals surface area contributed by atoms with Gasteiger partial charge in [-0.25, -0.2) is 4.39 Å². The summed E-state index contributed by atoms with van der Waals surface area (Å²) in [6.45, 7) is 3.89. The van der Waals surface area contributed by atoms with Crippen LogP contribution in [0, 0.1) is 5.82 Å². The maximum atomic E-state index is 13.2. The molecule has 0 unspecified atom stereocenters. The Morgan fingerprint density at radius 1 is 1.19 bits per heavy atom. The fraction of sp³-hybridized carbons (Fsp3) is 0.200. The quantitative estimate of drug-likeness (QED) is 0.616. The number of carbonyl (C=O) groups is 2. The smallest absolute Gasteiger partial charge is 0.293 e. The fourth-order valence-corrected chi connectivity index (χ4v) is 3.59. The average Bonchev–Trinajstić information content (AvgIpc) is 2.86. The van der Waals surface area contributed by atoms with Crippen molar-refractivity contribution in [3.63, 3.8) is 0 Å². The molecule has 0 saturated carbocycles. The molecule has 0 bridgehead atoms. The van der Waals surface area contributed by atoms with E-state index in [1.165, 1.54) is 12.1 Å². The number of rotatable bonds is 5. The van der Waals surface area contributed by atoms with Crippen molar-refractivity contribution in [3.8, 4) is 5.75 Å². The topological polar surface area (TPSA) is 46.6 Å². The first-order chi connectivity index (χ1) is 12.8. The van der Waals surface area contributed by atoms with E-state index in [0.29, 0.717) is 10.5 Å². The number of imide groups is 1. The zero-order valence-corrected chi connectivity index (χ0v) is 16.3. The van der Waals surface area contributed by atoms with Gasteiger partial charge >= 0.3 is 0 Å². The fourth-order valence-electron chi connectivity index (χ4n) is 2.52. The van der Waals surface area contributed by atoms with Gasteiger partial charge in [0.15, 0.2) is 0 Å². The Bertz CT molecular complexity index is 912. The molecule has 1 fully saturated rings. The predicted octanol–water partition coefficient (Wildman–Crippen LogP) is 5.50. The first kappa shape index (κ1) is 19.5. The molecule has 4 nitrogen and oxygen atoms in total. The first-order valence-corrected chi connectivity index (χ1v) is 9.49. The van der Waals surface area contributed by atoms with E-state index < -0.39 is 11.7 Å². The molecule has 0 aromatic heterocycles. The minimum atomic E-state index is -0.470. The summed E-state index contributed by atoms with van der Waals surface area (Å²) in [6.07, 6.45) is 1.74. The SMILES string of the molecule is CC(C)Oc1ccc(/C=C2\SC(=O)N(Cc3ccc(F)cc3Cl)C2=O)cc1. The third-order valence-electron chi connectivity index (χ3n) is 3.77. The van der Waals surface area contributed by atoms with Gasteiger partial charge in [-0.2, -0.15) is 0 Å². The van der Waals surface area contributed by atoms with E-state index in [4.69, 9.17) is 16.3 Å². The number of ether oxygens (including phenoxy) is 1. The van der Waals surface area contributed by atoms with E-state index in [-0.39, 0.29) is 22.9 Å². The Hall–Kier alpha value is -2.31. The minimum Gasteiger partial charge on any atom is -0.491 e. The molecular formula is C20H17ClFNO3S. The van der Waals surface area contributed by atoms with Crippen LogP contribution in [0.1, 0.15) is 25.0 Å². The number of carbonyl (C=O) groups excluding carboxylic acids is 2. The molecule has 1 saturated heterocycles. The number of hydrogen-bond acceptors (Lipinski definition) is 4. The third kappa shape index (κ3) is 4.70. The Morgan fingerprint density at radius 3 is 2.52 bits per heavy atom. The van der Waals surface area contributed by atoms with Crippen LogP contribution in [0.5, 0.6) is 5.75 Å². The monoisotopic (exact) mass is 405 g/mol. The molecule has 2 aromatic rings. The van der Waals surface area contributed by atoms with Gasteiger partial charge in [0.05, 0.1) is 17.6 Å². The zero-order chi connectivity index (χ0) is 19.6. The van der Waals surface area contributed by atoms with Gasteiger partial charge in [0.2, 0.25) is 0 Å². The molecule has 0 atom stereocenters. The van der Waals surface area contributed by atoms with E-state index in [2.05, 4.69) is 0 Å². The van der Waals surface area contributed by atoms with Crippen LogP contribution in [-0.4, -0.2) is 22.2 Å². The number of benzene rings is 2. The van der Waals surface area contributed by atoms with Crippen LogP contribution in [0.3, 0.4) is 0 Å². The maximum absolute atomic E-state index is 13.2. The van der Waals surface area contributed by atoms with Gasteiger partial charge in [0.25, 0.3) is 11.1 Å². The highest BCUT2D eigenvalue weighted by Crippen LogP contribution is 2.34. The van der Waals surface area contributed by atoms with E-state index in [1.807, 2.05) is 38.1 Å². The van der Waals surface area contributed by atoms with E-state index >= 15 is 0 Å². The van der Waals surface area contributed by atoms with Crippen molar-refractivity contribution in [3.05, 3.63) is 69.3 Å². The molecule has 7 heteroatoms. The summed E-state index contributed by atoms with van der Waals surface area (Å²) in [6, 6.07) is 11.1. The molecule has 0 N–H and O–H groups in total. The summed E-state index contributed by atoms with van der Waals surface area (Å²) in [4.78, 5) is 26.3. The maximum Gasteiger partial charge on any atom is 0.293 e. The molecule has 27 heavy (non-hydrogen) atoms. The average molecular weight is 406 g/mol. The highest BCUT2D eigenvalue weighted by molar-refractivity contribution is 8.18. The van der Waals surface area contributed by atoms with Gasteiger partial charge in [-0.1, -0.05) is 29.8 Å². The summed E-state index contributed by atoms with van der Waals surface area (Å²) in [5.41, 5.74) is 1.30. The number of amides is 2. The van der Waals surface area contributed by atoms with Crippen molar-refractivity contribution in [2.45, 2.75) is 26.5 Å². The number of halogens is 2. The van der Waals surface area contributed by atoms with Gasteiger partial charge in [-0.15, -0.1) is 0 Å². The van der Waals surface area contributed by atoms with Crippen LogP contribution in [-0.2, 0) is 11.3 Å². The van der Waals surface area contributed by atoms with Crippen LogP contribution in [0.25, 0.3) is 6.08 Å². The minimum absolute atomic E-state index is 0.00227. The molecule has 1 aliphatic heterocycles. The van der Waals surface area contributed by atoms with Gasteiger partial charge < -0.3 is 4.74 Å². The second kappa shape index (κ2) is 8.15. The molecule has 1 aliphatic rings. The lowest BCUT2D eigenvalue weighted by atomic mass is 10.2. The Morgan fingerprint density at radius 2 is 1.89 bits per heavy atom. The zero-order valence-electron chi connectivity index (χ0n) is 14.7. The molecule has 2 aromatic carbocycles. The molecule has 140 valence electrons. The van der Waals surface area contributed by atoms with Crippen molar-refractivity contribution in [1.82, 2.24) is 4.90 Å². The van der Waals surface area contributed by atoms with E-state index in [0.717, 1.165) is 34.0 Å². The Kier molecular flexibility index (Phi) is 5.87. The van der Waals surface area contributed by atoms with E-state index in [1.54, 1.807) is 6.08 Å². The van der Waals surface area contributed by atoms with Crippen molar-refractivity contribution < 1.29 is 18.7 Å². The number of thioether (sulfide) groups is 1. The van der Waals surface area contributed by atoms with Crippen molar-refractivity contribution in [1.29, 1.82) is 0 Å². The van der Waals surface area contributed by atoms with Crippen LogP contribution >= 0.6 is 23.4 Å². The third-order valence-corrected chi connectivity index (χ3v) is 5.03. The van der Waals surface area contributed by atoms with Crippen molar-refractivity contribution in [2.24, 2.45) is 0 Å². The second-order valence-corrected chi connectivity index (χ2v) is 7.64. The molecule has 0 radical (unpaired) electrons. The van der Waals surface area contributed by atoms with Crippen LogP contribution in [0.4, 0.5) is 9.18 Å².